The average Bonchev–Trinajstić information content (AvgIpc) is 3.12. The summed E-state index contributed by atoms with van der Waals surface area (Å²) in [6, 6.07) is 8.58. The second-order valence-electron chi connectivity index (χ2n) is 9.27. The fraction of sp³-hybridized carbons (Fsp3) is 0.636. The number of carboxylic acids is 1. The van der Waals surface area contributed by atoms with E-state index in [0.717, 1.165) is 32.2 Å². The Morgan fingerprint density at radius 2 is 1.96 bits per heavy atom. The van der Waals surface area contributed by atoms with E-state index in [4.69, 9.17) is 0 Å². The average molecular weight is 373 g/mol. The Hall–Kier alpha value is -1.88. The van der Waals surface area contributed by atoms with E-state index in [0.29, 0.717) is 19.6 Å². The number of amides is 1. The highest BCUT2D eigenvalue weighted by Crippen LogP contribution is 2.48. The van der Waals surface area contributed by atoms with Gasteiger partial charge in [0, 0.05) is 19.6 Å². The first-order chi connectivity index (χ1) is 12.7. The number of hydrogen-bond donors (Lipinski definition) is 2. The van der Waals surface area contributed by atoms with Crippen molar-refractivity contribution in [3.05, 3.63) is 35.4 Å². The minimum atomic E-state index is -0.688. The Morgan fingerprint density at radius 3 is 2.56 bits per heavy atom. The molecular weight excluding hydrogens is 340 g/mol. The van der Waals surface area contributed by atoms with E-state index in [-0.39, 0.29) is 17.2 Å². The molecule has 0 bridgehead atoms. The Bertz CT molecular complexity index is 693. The molecule has 0 spiro atoms. The number of carbonyl (C=O) groups is 2. The largest absolute Gasteiger partial charge is 0.481 e. The predicted octanol–water partition coefficient (Wildman–Crippen LogP) is 2.83. The van der Waals surface area contributed by atoms with Crippen LogP contribution in [0.2, 0.25) is 0 Å². The highest BCUT2D eigenvalue weighted by atomic mass is 16.4. The smallest absolute Gasteiger partial charge is 0.311 e. The number of benzene rings is 1. The monoisotopic (exact) mass is 372 g/mol. The number of fused-ring (bicyclic) bond motifs is 1. The summed E-state index contributed by atoms with van der Waals surface area (Å²) in [5.41, 5.74) is 2.05. The summed E-state index contributed by atoms with van der Waals surface area (Å²) in [5, 5.41) is 12.6. The van der Waals surface area contributed by atoms with Crippen LogP contribution in [0.5, 0.6) is 0 Å². The molecule has 2 N–H and O–H groups in total. The van der Waals surface area contributed by atoms with Crippen LogP contribution in [0, 0.1) is 11.3 Å². The normalized spacial score (nSPS) is 25.4. The zero-order chi connectivity index (χ0) is 19.7. The first kappa shape index (κ1) is 19.9. The minimum Gasteiger partial charge on any atom is -0.481 e. The van der Waals surface area contributed by atoms with E-state index in [1.165, 1.54) is 11.1 Å². The molecule has 5 heteroatoms. The lowest BCUT2D eigenvalue weighted by molar-refractivity contribution is -0.149. The second-order valence-corrected chi connectivity index (χ2v) is 9.27. The first-order valence-corrected chi connectivity index (χ1v) is 10.0. The van der Waals surface area contributed by atoms with Gasteiger partial charge in [-0.15, -0.1) is 0 Å². The number of aliphatic carboxylic acids is 1. The van der Waals surface area contributed by atoms with Gasteiger partial charge < -0.3 is 10.4 Å². The molecule has 0 radical (unpaired) electrons. The van der Waals surface area contributed by atoms with Crippen molar-refractivity contribution in [2.75, 3.05) is 26.2 Å². The third kappa shape index (κ3) is 4.34. The zero-order valence-electron chi connectivity index (χ0n) is 16.8. The van der Waals surface area contributed by atoms with Crippen molar-refractivity contribution in [3.63, 3.8) is 0 Å². The maximum absolute atomic E-state index is 12.3. The lowest BCUT2D eigenvalue weighted by Crippen LogP contribution is -2.39. The molecular formula is C22H32N2O3. The van der Waals surface area contributed by atoms with Gasteiger partial charge in [-0.25, -0.2) is 0 Å². The van der Waals surface area contributed by atoms with Crippen molar-refractivity contribution in [3.8, 4) is 0 Å². The quantitative estimate of drug-likeness (QED) is 0.806. The summed E-state index contributed by atoms with van der Waals surface area (Å²) in [6.07, 6.45) is 3.51. The van der Waals surface area contributed by atoms with Crippen LogP contribution in [0.15, 0.2) is 24.3 Å². The topological polar surface area (TPSA) is 69.6 Å². The van der Waals surface area contributed by atoms with Gasteiger partial charge in [-0.05, 0) is 41.7 Å². The van der Waals surface area contributed by atoms with Gasteiger partial charge >= 0.3 is 5.97 Å². The van der Waals surface area contributed by atoms with Crippen LogP contribution in [0.25, 0.3) is 0 Å². The van der Waals surface area contributed by atoms with Crippen molar-refractivity contribution in [2.24, 2.45) is 11.3 Å². The molecule has 2 atom stereocenters. The van der Waals surface area contributed by atoms with Gasteiger partial charge in [-0.3, -0.25) is 14.5 Å². The van der Waals surface area contributed by atoms with Crippen molar-refractivity contribution in [2.45, 2.75) is 51.9 Å². The fourth-order valence-corrected chi connectivity index (χ4v) is 4.64. The van der Waals surface area contributed by atoms with Gasteiger partial charge in [0.15, 0.2) is 0 Å². The summed E-state index contributed by atoms with van der Waals surface area (Å²) in [7, 11) is 0. The van der Waals surface area contributed by atoms with Crippen molar-refractivity contribution >= 4 is 11.9 Å². The number of rotatable bonds is 6. The van der Waals surface area contributed by atoms with Gasteiger partial charge in [0.2, 0.25) is 5.91 Å². The van der Waals surface area contributed by atoms with E-state index < -0.39 is 11.4 Å². The van der Waals surface area contributed by atoms with Crippen LogP contribution >= 0.6 is 0 Å². The van der Waals surface area contributed by atoms with Crippen LogP contribution in [0.1, 0.15) is 51.2 Å². The molecule has 27 heavy (non-hydrogen) atoms. The second kappa shape index (κ2) is 7.63. The Balaban J connectivity index is 1.44. The van der Waals surface area contributed by atoms with Gasteiger partial charge in [-0.1, -0.05) is 51.5 Å². The van der Waals surface area contributed by atoms with E-state index in [2.05, 4.69) is 50.4 Å². The van der Waals surface area contributed by atoms with Gasteiger partial charge in [-0.2, -0.15) is 0 Å². The third-order valence-electron chi connectivity index (χ3n) is 6.29. The van der Waals surface area contributed by atoms with E-state index in [1.54, 1.807) is 0 Å². The van der Waals surface area contributed by atoms with Crippen LogP contribution < -0.4 is 5.32 Å². The Morgan fingerprint density at radius 1 is 1.26 bits per heavy atom. The maximum Gasteiger partial charge on any atom is 0.311 e. The summed E-state index contributed by atoms with van der Waals surface area (Å²) < 4.78 is 0. The number of likely N-dealkylation sites (tertiary alicyclic amines) is 1. The molecule has 1 saturated heterocycles. The molecule has 1 amide bonds. The number of carbonyl (C=O) groups excluding carboxylic acids is 1. The number of nitrogens with zero attached hydrogens (tertiary/aromatic N) is 1. The van der Waals surface area contributed by atoms with Crippen LogP contribution in [0.3, 0.4) is 0 Å². The Kier molecular flexibility index (Phi) is 5.61. The van der Waals surface area contributed by atoms with E-state index in [1.807, 2.05) is 4.90 Å². The molecule has 5 nitrogen and oxygen atoms in total. The standard InChI is InChI=1S/C22H32N2O3/c1-21(2,3)17-8-6-16(7-9-17)10-12-23-19(25)14-24-13-18-5-4-11-22(18,15-24)20(26)27/h6-9,18H,4-5,10-15H2,1-3H3,(H,23,25)(H,26,27)/t18-,22+/m0/s1. The number of nitrogens with one attached hydrogen (secondary N) is 1. The summed E-state index contributed by atoms with van der Waals surface area (Å²) in [6.45, 7) is 8.74. The van der Waals surface area contributed by atoms with Crippen LogP contribution in [-0.2, 0) is 21.4 Å². The summed E-state index contributed by atoms with van der Waals surface area (Å²) in [4.78, 5) is 26.0. The van der Waals surface area contributed by atoms with Crippen molar-refractivity contribution in [1.82, 2.24) is 10.2 Å². The van der Waals surface area contributed by atoms with Crippen molar-refractivity contribution < 1.29 is 14.7 Å². The zero-order valence-corrected chi connectivity index (χ0v) is 16.8. The number of carboxylic acid groups (broad SMARTS) is 1. The van der Waals surface area contributed by atoms with Gasteiger partial charge in [0.25, 0.3) is 0 Å². The molecule has 1 aromatic rings. The maximum atomic E-state index is 12.3. The molecule has 1 aromatic carbocycles. The molecule has 1 saturated carbocycles. The minimum absolute atomic E-state index is 0.0122. The lowest BCUT2D eigenvalue weighted by Gasteiger charge is -2.23. The summed E-state index contributed by atoms with van der Waals surface area (Å²) >= 11 is 0. The predicted molar refractivity (Wildman–Crippen MR) is 106 cm³/mol. The molecule has 0 unspecified atom stereocenters. The SMILES string of the molecule is CC(C)(C)c1ccc(CCNC(=O)CN2C[C@@H]3CCC[C@@]3(C(=O)O)C2)cc1. The van der Waals surface area contributed by atoms with Gasteiger partial charge in [0.05, 0.1) is 12.0 Å². The molecule has 2 aliphatic rings. The molecule has 1 heterocycles. The molecule has 1 aliphatic heterocycles. The van der Waals surface area contributed by atoms with E-state index >= 15 is 0 Å². The first-order valence-electron chi connectivity index (χ1n) is 10.0. The third-order valence-corrected chi connectivity index (χ3v) is 6.29. The molecule has 0 aromatic heterocycles. The Labute approximate surface area is 162 Å². The number of hydrogen-bond acceptors (Lipinski definition) is 3. The highest BCUT2D eigenvalue weighted by Gasteiger charge is 2.54. The molecule has 1 aliphatic carbocycles. The van der Waals surface area contributed by atoms with E-state index in [9.17, 15) is 14.7 Å². The van der Waals surface area contributed by atoms with Gasteiger partial charge in [0.1, 0.15) is 0 Å². The molecule has 2 fully saturated rings. The summed E-state index contributed by atoms with van der Waals surface area (Å²) in [5.74, 6) is -0.502. The van der Waals surface area contributed by atoms with Crippen LogP contribution in [-0.4, -0.2) is 48.1 Å². The highest BCUT2D eigenvalue weighted by molar-refractivity contribution is 5.79. The van der Waals surface area contributed by atoms with Crippen LogP contribution in [0.4, 0.5) is 0 Å². The fourth-order valence-electron chi connectivity index (χ4n) is 4.64. The molecule has 3 rings (SSSR count). The lowest BCUT2D eigenvalue weighted by atomic mass is 9.81. The molecule has 148 valence electrons. The van der Waals surface area contributed by atoms with Crippen molar-refractivity contribution in [1.29, 1.82) is 0 Å².